The van der Waals surface area contributed by atoms with Crippen LogP contribution < -0.4 is 5.73 Å². The summed E-state index contributed by atoms with van der Waals surface area (Å²) in [5.74, 6) is -0.111. The molecule has 2 aromatic rings. The highest BCUT2D eigenvalue weighted by molar-refractivity contribution is 6.07. The molecule has 0 aromatic carbocycles. The molecule has 0 bridgehead atoms. The Kier molecular flexibility index (Phi) is 3.34. The van der Waals surface area contributed by atoms with Gasteiger partial charge in [0.15, 0.2) is 0 Å². The van der Waals surface area contributed by atoms with Crippen molar-refractivity contribution >= 4 is 5.78 Å². The summed E-state index contributed by atoms with van der Waals surface area (Å²) >= 11 is 0. The number of hydrogen-bond acceptors (Lipinski definition) is 4. The third kappa shape index (κ3) is 2.42. The lowest BCUT2D eigenvalue weighted by Gasteiger charge is -1.95. The molecule has 2 rings (SSSR count). The van der Waals surface area contributed by atoms with Crippen LogP contribution in [-0.2, 0) is 13.1 Å². The summed E-state index contributed by atoms with van der Waals surface area (Å²) in [5, 5.41) is 4.07. The molecule has 0 amide bonds. The maximum Gasteiger partial charge on any atom is 0.216 e. The molecule has 0 aliphatic carbocycles. The monoisotopic (exact) mass is 233 g/mol. The molecule has 0 radical (unpaired) electrons. The van der Waals surface area contributed by atoms with E-state index in [2.05, 4.69) is 10.1 Å². The van der Waals surface area contributed by atoms with E-state index in [1.165, 1.54) is 0 Å². The number of aryl methyl sites for hydroxylation is 1. The summed E-state index contributed by atoms with van der Waals surface area (Å²) in [6, 6.07) is 0. The van der Waals surface area contributed by atoms with Crippen molar-refractivity contribution in [3.63, 3.8) is 0 Å². The lowest BCUT2D eigenvalue weighted by atomic mass is 10.2. The number of nitrogens with zero attached hydrogens (tertiary/aromatic N) is 4. The van der Waals surface area contributed by atoms with E-state index in [1.807, 2.05) is 6.92 Å². The highest BCUT2D eigenvalue weighted by Crippen LogP contribution is 2.07. The number of imidazole rings is 1. The van der Waals surface area contributed by atoms with Gasteiger partial charge in [-0.25, -0.2) is 4.98 Å². The van der Waals surface area contributed by atoms with Crippen molar-refractivity contribution < 1.29 is 4.79 Å². The van der Waals surface area contributed by atoms with Gasteiger partial charge in [0.05, 0.1) is 18.1 Å². The number of nitrogens with two attached hydrogens (primary N) is 1. The minimum atomic E-state index is -0.111. The van der Waals surface area contributed by atoms with Crippen molar-refractivity contribution in [2.75, 3.05) is 6.54 Å². The van der Waals surface area contributed by atoms with Crippen molar-refractivity contribution in [3.05, 3.63) is 36.2 Å². The molecule has 2 heterocycles. The van der Waals surface area contributed by atoms with Crippen molar-refractivity contribution in [1.82, 2.24) is 19.3 Å². The zero-order valence-electron chi connectivity index (χ0n) is 9.71. The first kappa shape index (κ1) is 11.5. The van der Waals surface area contributed by atoms with Gasteiger partial charge in [-0.1, -0.05) is 0 Å². The van der Waals surface area contributed by atoms with E-state index < -0.39 is 0 Å². The molecule has 6 heteroatoms. The van der Waals surface area contributed by atoms with Gasteiger partial charge in [0, 0.05) is 32.0 Å². The SMILES string of the molecule is CCn1cc(C(=O)c2cn(CCN)cn2)cn1. The van der Waals surface area contributed by atoms with Crippen molar-refractivity contribution in [2.24, 2.45) is 5.73 Å². The third-order valence-electron chi connectivity index (χ3n) is 2.47. The molecule has 0 saturated carbocycles. The maximum atomic E-state index is 12.0. The Hall–Kier alpha value is -1.95. The molecular weight excluding hydrogens is 218 g/mol. The van der Waals surface area contributed by atoms with Gasteiger partial charge in [-0.2, -0.15) is 5.10 Å². The lowest BCUT2D eigenvalue weighted by molar-refractivity contribution is 0.103. The standard InChI is InChI=1S/C11H15N5O/c1-2-16-6-9(5-14-16)11(17)10-7-15(4-3-12)8-13-10/h5-8H,2-4,12H2,1H3. The minimum absolute atomic E-state index is 0.111. The highest BCUT2D eigenvalue weighted by atomic mass is 16.1. The molecule has 0 aliphatic heterocycles. The van der Waals surface area contributed by atoms with E-state index in [4.69, 9.17) is 5.73 Å². The Balaban J connectivity index is 2.18. The first-order chi connectivity index (χ1) is 8.24. The van der Waals surface area contributed by atoms with Crippen LogP contribution in [0.5, 0.6) is 0 Å². The molecule has 2 N–H and O–H groups in total. The fourth-order valence-corrected chi connectivity index (χ4v) is 1.55. The summed E-state index contributed by atoms with van der Waals surface area (Å²) < 4.78 is 3.52. The van der Waals surface area contributed by atoms with Gasteiger partial charge >= 0.3 is 0 Å². The first-order valence-corrected chi connectivity index (χ1v) is 5.53. The summed E-state index contributed by atoms with van der Waals surface area (Å²) in [4.78, 5) is 16.1. The summed E-state index contributed by atoms with van der Waals surface area (Å²) in [6.45, 7) is 3.90. The average Bonchev–Trinajstić information content (AvgIpc) is 2.97. The normalized spacial score (nSPS) is 10.7. The number of hydrogen-bond donors (Lipinski definition) is 1. The Morgan fingerprint density at radius 3 is 2.94 bits per heavy atom. The van der Waals surface area contributed by atoms with Crippen LogP contribution in [0.1, 0.15) is 23.0 Å². The van der Waals surface area contributed by atoms with Crippen LogP contribution in [-0.4, -0.2) is 31.7 Å². The fourth-order valence-electron chi connectivity index (χ4n) is 1.55. The molecule has 6 nitrogen and oxygen atoms in total. The van der Waals surface area contributed by atoms with Crippen LogP contribution in [0.25, 0.3) is 0 Å². The lowest BCUT2D eigenvalue weighted by Crippen LogP contribution is -2.08. The topological polar surface area (TPSA) is 78.7 Å². The molecule has 0 unspecified atom stereocenters. The van der Waals surface area contributed by atoms with Crippen molar-refractivity contribution in [2.45, 2.75) is 20.0 Å². The van der Waals surface area contributed by atoms with E-state index >= 15 is 0 Å². The van der Waals surface area contributed by atoms with E-state index in [-0.39, 0.29) is 5.78 Å². The van der Waals surface area contributed by atoms with Crippen LogP contribution in [0, 0.1) is 0 Å². The minimum Gasteiger partial charge on any atom is -0.335 e. The van der Waals surface area contributed by atoms with E-state index in [1.54, 1.807) is 34.2 Å². The van der Waals surface area contributed by atoms with Crippen LogP contribution >= 0.6 is 0 Å². The molecule has 0 atom stereocenters. The van der Waals surface area contributed by atoms with E-state index in [0.29, 0.717) is 24.3 Å². The van der Waals surface area contributed by atoms with Gasteiger partial charge in [-0.15, -0.1) is 0 Å². The Labute approximate surface area is 99.1 Å². The maximum absolute atomic E-state index is 12.0. The summed E-state index contributed by atoms with van der Waals surface area (Å²) in [5.41, 5.74) is 6.42. The Morgan fingerprint density at radius 1 is 1.47 bits per heavy atom. The molecule has 0 fully saturated rings. The summed E-state index contributed by atoms with van der Waals surface area (Å²) in [6.07, 6.45) is 6.61. The van der Waals surface area contributed by atoms with Gasteiger partial charge in [0.25, 0.3) is 0 Å². The number of ketones is 1. The molecule has 0 spiro atoms. The molecule has 0 saturated heterocycles. The van der Waals surface area contributed by atoms with Gasteiger partial charge < -0.3 is 10.3 Å². The predicted octanol–water partition coefficient (Wildman–Crippen LogP) is 0.289. The largest absolute Gasteiger partial charge is 0.335 e. The first-order valence-electron chi connectivity index (χ1n) is 5.53. The van der Waals surface area contributed by atoms with Crippen LogP contribution in [0.3, 0.4) is 0 Å². The van der Waals surface area contributed by atoms with Crippen LogP contribution in [0.4, 0.5) is 0 Å². The molecule has 17 heavy (non-hydrogen) atoms. The second-order valence-corrected chi connectivity index (χ2v) is 3.70. The van der Waals surface area contributed by atoms with Gasteiger partial charge in [-0.05, 0) is 6.92 Å². The van der Waals surface area contributed by atoms with Crippen LogP contribution in [0.2, 0.25) is 0 Å². The zero-order chi connectivity index (χ0) is 12.3. The molecule has 2 aromatic heterocycles. The number of carbonyl (C=O) groups excluding carboxylic acids is 1. The second kappa shape index (κ2) is 4.92. The quantitative estimate of drug-likeness (QED) is 0.753. The Bertz CT molecular complexity index is 513. The molecular formula is C11H15N5O. The number of carbonyl (C=O) groups is 1. The number of aromatic nitrogens is 4. The molecule has 90 valence electrons. The van der Waals surface area contributed by atoms with E-state index in [9.17, 15) is 4.79 Å². The third-order valence-corrected chi connectivity index (χ3v) is 2.47. The summed E-state index contributed by atoms with van der Waals surface area (Å²) in [7, 11) is 0. The van der Waals surface area contributed by atoms with Gasteiger partial charge in [-0.3, -0.25) is 9.48 Å². The average molecular weight is 233 g/mol. The Morgan fingerprint density at radius 2 is 2.29 bits per heavy atom. The molecule has 0 aliphatic rings. The van der Waals surface area contributed by atoms with Gasteiger partial charge in [0.2, 0.25) is 5.78 Å². The van der Waals surface area contributed by atoms with Crippen molar-refractivity contribution in [3.8, 4) is 0 Å². The van der Waals surface area contributed by atoms with Crippen molar-refractivity contribution in [1.29, 1.82) is 0 Å². The predicted molar refractivity (Wildman–Crippen MR) is 62.6 cm³/mol. The van der Waals surface area contributed by atoms with Crippen LogP contribution in [0.15, 0.2) is 24.9 Å². The highest BCUT2D eigenvalue weighted by Gasteiger charge is 2.13. The van der Waals surface area contributed by atoms with Gasteiger partial charge in [0.1, 0.15) is 5.69 Å². The van der Waals surface area contributed by atoms with E-state index in [0.717, 1.165) is 6.54 Å². The number of rotatable bonds is 5. The fraction of sp³-hybridized carbons (Fsp3) is 0.364. The smallest absolute Gasteiger partial charge is 0.216 e. The zero-order valence-corrected chi connectivity index (χ0v) is 9.71. The second-order valence-electron chi connectivity index (χ2n) is 3.70.